The third-order valence-electron chi connectivity index (χ3n) is 5.96. The second kappa shape index (κ2) is 8.40. The first-order chi connectivity index (χ1) is 11.6. The van der Waals surface area contributed by atoms with Crippen LogP contribution in [-0.4, -0.2) is 29.6 Å². The van der Waals surface area contributed by atoms with Crippen molar-refractivity contribution < 1.29 is 5.11 Å². The smallest absolute Gasteiger partial charge is 0.0937 e. The molecule has 0 bridgehead atoms. The van der Waals surface area contributed by atoms with Gasteiger partial charge in [0, 0.05) is 6.54 Å². The molecule has 134 valence electrons. The highest BCUT2D eigenvalue weighted by Gasteiger charge is 2.39. The van der Waals surface area contributed by atoms with E-state index in [9.17, 15) is 5.11 Å². The van der Waals surface area contributed by atoms with Gasteiger partial charge in [-0.05, 0) is 68.8 Å². The number of rotatable bonds is 5. The van der Waals surface area contributed by atoms with Crippen LogP contribution in [0.25, 0.3) is 0 Å². The summed E-state index contributed by atoms with van der Waals surface area (Å²) in [5.41, 5.74) is 0.160. The molecule has 1 heterocycles. The van der Waals surface area contributed by atoms with E-state index < -0.39 is 5.60 Å². The zero-order valence-corrected chi connectivity index (χ0v) is 16.0. The number of piperidine rings is 1. The maximum absolute atomic E-state index is 11.7. The highest BCUT2D eigenvalue weighted by atomic mass is 35.5. The molecule has 24 heavy (non-hydrogen) atoms. The normalized spacial score (nSPS) is 23.1. The molecule has 1 saturated heterocycles. The molecule has 1 aromatic carbocycles. The van der Waals surface area contributed by atoms with Gasteiger partial charge in [0.2, 0.25) is 0 Å². The van der Waals surface area contributed by atoms with Crippen molar-refractivity contribution in [1.82, 2.24) is 4.90 Å². The fourth-order valence-corrected chi connectivity index (χ4v) is 4.74. The van der Waals surface area contributed by atoms with Crippen molar-refractivity contribution >= 4 is 23.2 Å². The van der Waals surface area contributed by atoms with Gasteiger partial charge in [-0.25, -0.2) is 0 Å². The highest BCUT2D eigenvalue weighted by molar-refractivity contribution is 6.42. The Hall–Kier alpha value is -0.280. The van der Waals surface area contributed by atoms with Gasteiger partial charge in [0.05, 0.1) is 15.6 Å². The summed E-state index contributed by atoms with van der Waals surface area (Å²) in [4.78, 5) is 2.51. The summed E-state index contributed by atoms with van der Waals surface area (Å²) in [5, 5.41) is 12.8. The molecule has 1 aliphatic heterocycles. The average Bonchev–Trinajstić information content (AvgIpc) is 2.63. The van der Waals surface area contributed by atoms with E-state index in [1.807, 2.05) is 18.2 Å². The predicted octanol–water partition coefficient (Wildman–Crippen LogP) is 5.64. The summed E-state index contributed by atoms with van der Waals surface area (Å²) in [5.74, 6) is 0.327. The first kappa shape index (κ1) is 18.5. The van der Waals surface area contributed by atoms with Gasteiger partial charge in [-0.2, -0.15) is 0 Å². The van der Waals surface area contributed by atoms with Crippen molar-refractivity contribution in [2.45, 2.75) is 63.4 Å². The second-order valence-electron chi connectivity index (χ2n) is 7.54. The van der Waals surface area contributed by atoms with Crippen LogP contribution in [0.15, 0.2) is 18.2 Å². The van der Waals surface area contributed by atoms with Crippen molar-refractivity contribution in [1.29, 1.82) is 0 Å². The standard InChI is InChI=1S/C20H29Cl2NO/c21-18-10-9-17(15-19(18)22)20(24,16-7-3-1-4-8-16)11-14-23-12-5-2-6-13-23/h9-10,15-16,24H,1-8,11-14H2. The summed E-state index contributed by atoms with van der Waals surface area (Å²) < 4.78 is 0. The number of benzene rings is 1. The first-order valence-electron chi connectivity index (χ1n) is 9.50. The van der Waals surface area contributed by atoms with Crippen LogP contribution in [0, 0.1) is 5.92 Å². The van der Waals surface area contributed by atoms with Gasteiger partial charge in [-0.1, -0.05) is 55.0 Å². The monoisotopic (exact) mass is 369 g/mol. The van der Waals surface area contributed by atoms with Gasteiger partial charge < -0.3 is 10.0 Å². The number of hydrogen-bond acceptors (Lipinski definition) is 2. The van der Waals surface area contributed by atoms with E-state index in [1.165, 1.54) is 51.6 Å². The van der Waals surface area contributed by atoms with E-state index in [0.29, 0.717) is 16.0 Å². The van der Waals surface area contributed by atoms with E-state index in [2.05, 4.69) is 4.90 Å². The molecule has 1 saturated carbocycles. The predicted molar refractivity (Wildman–Crippen MR) is 102 cm³/mol. The minimum absolute atomic E-state index is 0.327. The Balaban J connectivity index is 1.80. The van der Waals surface area contributed by atoms with Gasteiger partial charge in [-0.15, -0.1) is 0 Å². The quantitative estimate of drug-likeness (QED) is 0.725. The molecule has 0 aromatic heterocycles. The molecule has 1 atom stereocenters. The van der Waals surface area contributed by atoms with Gasteiger partial charge in [-0.3, -0.25) is 0 Å². The fourth-order valence-electron chi connectivity index (χ4n) is 4.44. The Morgan fingerprint density at radius 2 is 1.62 bits per heavy atom. The molecule has 0 amide bonds. The summed E-state index contributed by atoms with van der Waals surface area (Å²) in [7, 11) is 0. The lowest BCUT2D eigenvalue weighted by molar-refractivity contribution is -0.0528. The van der Waals surface area contributed by atoms with Crippen molar-refractivity contribution in [3.63, 3.8) is 0 Å². The number of halogens is 2. The maximum atomic E-state index is 11.7. The molecule has 2 nitrogen and oxygen atoms in total. The van der Waals surface area contributed by atoms with Crippen LogP contribution in [0.2, 0.25) is 10.0 Å². The Bertz CT molecular complexity index is 538. The first-order valence-corrected chi connectivity index (χ1v) is 10.3. The lowest BCUT2D eigenvalue weighted by atomic mass is 9.71. The van der Waals surface area contributed by atoms with Crippen LogP contribution in [-0.2, 0) is 5.60 Å². The van der Waals surface area contributed by atoms with E-state index in [0.717, 1.165) is 31.4 Å². The van der Waals surface area contributed by atoms with E-state index in [1.54, 1.807) is 0 Å². The number of nitrogens with zero attached hydrogens (tertiary/aromatic N) is 1. The Morgan fingerprint density at radius 3 is 2.29 bits per heavy atom. The molecular weight excluding hydrogens is 341 g/mol. The largest absolute Gasteiger partial charge is 0.385 e. The van der Waals surface area contributed by atoms with E-state index in [4.69, 9.17) is 23.2 Å². The molecule has 1 aliphatic carbocycles. The lowest BCUT2D eigenvalue weighted by Gasteiger charge is -2.41. The third-order valence-corrected chi connectivity index (χ3v) is 6.70. The minimum atomic E-state index is -0.786. The average molecular weight is 370 g/mol. The second-order valence-corrected chi connectivity index (χ2v) is 8.35. The van der Waals surface area contributed by atoms with Gasteiger partial charge in [0.25, 0.3) is 0 Å². The molecule has 0 radical (unpaired) electrons. The van der Waals surface area contributed by atoms with E-state index >= 15 is 0 Å². The molecule has 1 N–H and O–H groups in total. The van der Waals surface area contributed by atoms with Gasteiger partial charge in [0.15, 0.2) is 0 Å². The van der Waals surface area contributed by atoms with Crippen LogP contribution in [0.5, 0.6) is 0 Å². The summed E-state index contributed by atoms with van der Waals surface area (Å²) in [6.45, 7) is 3.30. The zero-order chi connectivity index (χ0) is 17.0. The summed E-state index contributed by atoms with van der Waals surface area (Å²) in [6, 6.07) is 5.68. The molecule has 3 rings (SSSR count). The van der Waals surface area contributed by atoms with Crippen molar-refractivity contribution in [2.75, 3.05) is 19.6 Å². The maximum Gasteiger partial charge on any atom is 0.0937 e. The molecular formula is C20H29Cl2NO. The fraction of sp³-hybridized carbons (Fsp3) is 0.700. The molecule has 2 aliphatic rings. The van der Waals surface area contributed by atoms with Crippen molar-refractivity contribution in [3.8, 4) is 0 Å². The molecule has 2 fully saturated rings. The lowest BCUT2D eigenvalue weighted by Crippen LogP contribution is -2.41. The van der Waals surface area contributed by atoms with Gasteiger partial charge >= 0.3 is 0 Å². The Labute approximate surface area is 156 Å². The van der Waals surface area contributed by atoms with Gasteiger partial charge in [0.1, 0.15) is 0 Å². The number of aliphatic hydroxyl groups is 1. The molecule has 1 unspecified atom stereocenters. The van der Waals surface area contributed by atoms with Crippen LogP contribution in [0.4, 0.5) is 0 Å². The SMILES string of the molecule is OC(CCN1CCCCC1)(c1ccc(Cl)c(Cl)c1)C1CCCCC1. The van der Waals surface area contributed by atoms with Crippen LogP contribution in [0.1, 0.15) is 63.4 Å². The zero-order valence-electron chi connectivity index (χ0n) is 14.4. The molecule has 4 heteroatoms. The Morgan fingerprint density at radius 1 is 0.958 bits per heavy atom. The third kappa shape index (κ3) is 4.27. The summed E-state index contributed by atoms with van der Waals surface area (Å²) in [6.07, 6.45) is 10.7. The number of likely N-dealkylation sites (tertiary alicyclic amines) is 1. The topological polar surface area (TPSA) is 23.5 Å². The highest BCUT2D eigenvalue weighted by Crippen LogP contribution is 2.43. The van der Waals surface area contributed by atoms with Crippen LogP contribution < -0.4 is 0 Å². The summed E-state index contributed by atoms with van der Waals surface area (Å²) >= 11 is 12.3. The van der Waals surface area contributed by atoms with Crippen molar-refractivity contribution in [2.24, 2.45) is 5.92 Å². The Kier molecular flexibility index (Phi) is 6.48. The minimum Gasteiger partial charge on any atom is -0.385 e. The van der Waals surface area contributed by atoms with E-state index in [-0.39, 0.29) is 0 Å². The van der Waals surface area contributed by atoms with Crippen LogP contribution >= 0.6 is 23.2 Å². The number of hydrogen-bond donors (Lipinski definition) is 1. The van der Waals surface area contributed by atoms with Crippen LogP contribution in [0.3, 0.4) is 0 Å². The molecule has 1 aromatic rings. The molecule has 0 spiro atoms. The van der Waals surface area contributed by atoms with Crippen molar-refractivity contribution in [3.05, 3.63) is 33.8 Å².